The van der Waals surface area contributed by atoms with E-state index in [1.54, 1.807) is 4.90 Å². The molecular weight excluding hydrogens is 578 g/mol. The number of carbonyl (C=O) groups is 2. The summed E-state index contributed by atoms with van der Waals surface area (Å²) in [7, 11) is 0. The number of ether oxygens (including phenoxy) is 1. The molecule has 7 nitrogen and oxygen atoms in total. The molecule has 6 rings (SSSR count). The summed E-state index contributed by atoms with van der Waals surface area (Å²) in [5.41, 5.74) is -1.28. The van der Waals surface area contributed by atoms with Gasteiger partial charge in [0.2, 0.25) is 5.91 Å². The van der Waals surface area contributed by atoms with E-state index in [0.717, 1.165) is 48.1 Å². The minimum absolute atomic E-state index is 0.0503. The maximum atomic E-state index is 14.5. The number of fused-ring (bicyclic) bond motifs is 1. The fourth-order valence-corrected chi connectivity index (χ4v) is 7.32. The minimum Gasteiger partial charge on any atom is -0.399 e. The predicted octanol–water partition coefficient (Wildman–Crippen LogP) is 6.37. The van der Waals surface area contributed by atoms with E-state index in [-0.39, 0.29) is 33.3 Å². The summed E-state index contributed by atoms with van der Waals surface area (Å²) in [5.74, 6) is -0.106. The van der Waals surface area contributed by atoms with Crippen molar-refractivity contribution in [2.75, 3.05) is 6.54 Å². The van der Waals surface area contributed by atoms with Crippen LogP contribution in [0.2, 0.25) is 10.0 Å². The van der Waals surface area contributed by atoms with Gasteiger partial charge in [0.05, 0.1) is 11.3 Å². The predicted molar refractivity (Wildman–Crippen MR) is 140 cm³/mol. The van der Waals surface area contributed by atoms with E-state index in [0.29, 0.717) is 35.7 Å². The van der Waals surface area contributed by atoms with Crippen LogP contribution < -0.4 is 10.1 Å². The van der Waals surface area contributed by atoms with E-state index in [9.17, 15) is 22.8 Å². The van der Waals surface area contributed by atoms with Gasteiger partial charge in [-0.05, 0) is 68.7 Å². The van der Waals surface area contributed by atoms with Gasteiger partial charge >= 0.3 is 12.3 Å². The smallest absolute Gasteiger partial charge is 0.399 e. The molecule has 1 aromatic heterocycles. The number of hydrogen-bond acceptors (Lipinski definition) is 6. The van der Waals surface area contributed by atoms with Crippen LogP contribution in [0.1, 0.15) is 60.1 Å². The van der Waals surface area contributed by atoms with Crippen LogP contribution in [0.25, 0.3) is 0 Å². The molecule has 0 spiro atoms. The summed E-state index contributed by atoms with van der Waals surface area (Å²) in [6.45, 7) is 0.603. The van der Waals surface area contributed by atoms with Crippen molar-refractivity contribution < 1.29 is 32.3 Å². The number of amides is 2. The Morgan fingerprint density at radius 1 is 1.13 bits per heavy atom. The number of hydrogen-bond donors (Lipinski definition) is 1. The summed E-state index contributed by atoms with van der Waals surface area (Å²) in [4.78, 5) is 32.9. The second-order valence-electron chi connectivity index (χ2n) is 10.3. The van der Waals surface area contributed by atoms with E-state index in [2.05, 4.69) is 10.5 Å². The van der Waals surface area contributed by atoms with Crippen LogP contribution in [0.5, 0.6) is 5.06 Å². The summed E-state index contributed by atoms with van der Waals surface area (Å²) in [5, 5.41) is 6.97. The van der Waals surface area contributed by atoms with Crippen LogP contribution in [0, 0.1) is 0 Å². The Kier molecular flexibility index (Phi) is 6.74. The molecule has 2 fully saturated rings. The maximum Gasteiger partial charge on any atom is 0.435 e. The third kappa shape index (κ3) is 4.86. The van der Waals surface area contributed by atoms with Crippen molar-refractivity contribution in [1.82, 2.24) is 10.2 Å². The van der Waals surface area contributed by atoms with Gasteiger partial charge < -0.3 is 19.8 Å². The standard InChI is InChI=1S/C26H24Cl2F3N3O4S/c27-14-9-13(10-15(28)11-14)25(26(29,30)31)12-20(33-38-25)21-17-3-1-2-4-18(17)23(39-21)37-24(36)32-19-7-8-34(22(19)35)16-5-6-16/h9-11,16,19H,1-8,12H2,(H,32,36). The molecule has 2 aromatic rings. The Balaban J connectivity index is 1.25. The highest BCUT2D eigenvalue weighted by molar-refractivity contribution is 7.16. The fraction of sp³-hybridized carbons (Fsp3) is 0.500. The van der Waals surface area contributed by atoms with Crippen molar-refractivity contribution in [3.8, 4) is 5.06 Å². The lowest BCUT2D eigenvalue weighted by molar-refractivity contribution is -0.275. The van der Waals surface area contributed by atoms with Crippen molar-refractivity contribution in [2.24, 2.45) is 5.16 Å². The van der Waals surface area contributed by atoms with Gasteiger partial charge in [0.1, 0.15) is 11.8 Å². The SMILES string of the molecule is O=C(NC1CCN(C2CC2)C1=O)Oc1sc(C2=NOC(c3cc(Cl)cc(Cl)c3)(C(F)(F)F)C2)c2c1CCCC2. The number of thiophene rings is 1. The Morgan fingerprint density at radius 3 is 2.49 bits per heavy atom. The van der Waals surface area contributed by atoms with Crippen molar-refractivity contribution in [2.45, 2.75) is 75.2 Å². The first-order chi connectivity index (χ1) is 18.6. The zero-order valence-corrected chi connectivity index (χ0v) is 22.9. The Hall–Kier alpha value is -2.50. The number of alkyl halides is 3. The minimum atomic E-state index is -4.81. The number of likely N-dealkylation sites (tertiary alicyclic amines) is 1. The maximum absolute atomic E-state index is 14.5. The lowest BCUT2D eigenvalue weighted by atomic mass is 9.86. The van der Waals surface area contributed by atoms with E-state index in [4.69, 9.17) is 32.8 Å². The summed E-state index contributed by atoms with van der Waals surface area (Å²) in [6, 6.07) is 3.33. The van der Waals surface area contributed by atoms with Gasteiger partial charge in [-0.1, -0.05) is 39.7 Å². The van der Waals surface area contributed by atoms with Gasteiger partial charge in [-0.2, -0.15) is 13.2 Å². The molecule has 4 aliphatic rings. The van der Waals surface area contributed by atoms with Gasteiger partial charge in [0.15, 0.2) is 5.06 Å². The molecule has 2 aliphatic carbocycles. The molecule has 2 aliphatic heterocycles. The van der Waals surface area contributed by atoms with Crippen LogP contribution in [-0.2, 0) is 28.1 Å². The first kappa shape index (κ1) is 26.7. The molecule has 2 atom stereocenters. The lowest BCUT2D eigenvalue weighted by Gasteiger charge is -2.29. The van der Waals surface area contributed by atoms with E-state index in [1.807, 2.05) is 0 Å². The number of oxime groups is 1. The second kappa shape index (κ2) is 9.85. The molecule has 13 heteroatoms. The van der Waals surface area contributed by atoms with Gasteiger partial charge in [-0.25, -0.2) is 4.79 Å². The molecule has 0 radical (unpaired) electrons. The normalized spacial score (nSPS) is 24.8. The molecule has 1 saturated carbocycles. The van der Waals surface area contributed by atoms with E-state index >= 15 is 0 Å². The van der Waals surface area contributed by atoms with E-state index < -0.39 is 30.3 Å². The average molecular weight is 602 g/mol. The Morgan fingerprint density at radius 2 is 1.82 bits per heavy atom. The molecule has 1 saturated heterocycles. The highest BCUT2D eigenvalue weighted by Gasteiger charge is 2.62. The van der Waals surface area contributed by atoms with Crippen molar-refractivity contribution >= 4 is 52.3 Å². The number of carbonyl (C=O) groups excluding carboxylic acids is 2. The Labute approximate surface area is 236 Å². The lowest BCUT2D eigenvalue weighted by Crippen LogP contribution is -2.43. The van der Waals surface area contributed by atoms with Crippen LogP contribution in [0.4, 0.5) is 18.0 Å². The first-order valence-corrected chi connectivity index (χ1v) is 14.3. The van der Waals surface area contributed by atoms with Gasteiger partial charge in [-0.3, -0.25) is 4.79 Å². The largest absolute Gasteiger partial charge is 0.435 e. The topological polar surface area (TPSA) is 80.2 Å². The monoisotopic (exact) mass is 601 g/mol. The number of rotatable bonds is 5. The molecule has 0 bridgehead atoms. The molecule has 2 amide bonds. The highest BCUT2D eigenvalue weighted by atomic mass is 35.5. The number of benzene rings is 1. The van der Waals surface area contributed by atoms with Gasteiger partial charge in [0, 0.05) is 33.8 Å². The second-order valence-corrected chi connectivity index (χ2v) is 12.2. The van der Waals surface area contributed by atoms with Crippen LogP contribution in [0.15, 0.2) is 23.4 Å². The van der Waals surface area contributed by atoms with Gasteiger partial charge in [0.25, 0.3) is 5.60 Å². The number of halogens is 5. The fourth-order valence-electron chi connectivity index (χ4n) is 5.57. The van der Waals surface area contributed by atoms with Gasteiger partial charge in [-0.15, -0.1) is 0 Å². The molecule has 3 heterocycles. The van der Waals surface area contributed by atoms with Crippen molar-refractivity contribution in [3.63, 3.8) is 0 Å². The third-order valence-corrected chi connectivity index (χ3v) is 9.30. The van der Waals surface area contributed by atoms with Crippen LogP contribution in [0.3, 0.4) is 0 Å². The van der Waals surface area contributed by atoms with Crippen LogP contribution >= 0.6 is 34.5 Å². The van der Waals surface area contributed by atoms with Crippen molar-refractivity contribution in [1.29, 1.82) is 0 Å². The van der Waals surface area contributed by atoms with Crippen molar-refractivity contribution in [3.05, 3.63) is 49.8 Å². The molecular formula is C26H24Cl2F3N3O4S. The summed E-state index contributed by atoms with van der Waals surface area (Å²) >= 11 is 13.1. The highest BCUT2D eigenvalue weighted by Crippen LogP contribution is 2.51. The summed E-state index contributed by atoms with van der Waals surface area (Å²) < 4.78 is 49.1. The summed E-state index contributed by atoms with van der Waals surface area (Å²) in [6.07, 6.45) is -0.729. The third-order valence-electron chi connectivity index (χ3n) is 7.66. The molecule has 39 heavy (non-hydrogen) atoms. The zero-order chi connectivity index (χ0) is 27.5. The first-order valence-electron chi connectivity index (χ1n) is 12.8. The molecule has 208 valence electrons. The van der Waals surface area contributed by atoms with E-state index in [1.165, 1.54) is 18.2 Å². The molecule has 1 N–H and O–H groups in total. The zero-order valence-electron chi connectivity index (χ0n) is 20.6. The molecule has 2 unspecified atom stereocenters. The average Bonchev–Trinajstić information content (AvgIpc) is 3.33. The molecule has 1 aromatic carbocycles. The van der Waals surface area contributed by atoms with Crippen LogP contribution in [-0.4, -0.2) is 47.4 Å². The Bertz CT molecular complexity index is 1360. The number of nitrogens with one attached hydrogen (secondary N) is 1. The quantitative estimate of drug-likeness (QED) is 0.432. The number of nitrogens with zero attached hydrogens (tertiary/aromatic N) is 2.